The van der Waals surface area contributed by atoms with Gasteiger partial charge in [-0.05, 0) is 25.3 Å². The second-order valence-corrected chi connectivity index (χ2v) is 4.94. The minimum Gasteiger partial charge on any atom is -0.478 e. The Morgan fingerprint density at radius 3 is 2.50 bits per heavy atom. The fourth-order valence-electron chi connectivity index (χ4n) is 2.25. The molecule has 2 N–H and O–H groups in total. The number of carboxylic acid groups (broad SMARTS) is 1. The molecule has 0 aromatic heterocycles. The molecule has 1 aromatic rings. The van der Waals surface area contributed by atoms with Gasteiger partial charge in [0.05, 0.1) is 11.8 Å². The zero-order valence-electron chi connectivity index (χ0n) is 12.0. The molecule has 1 heterocycles. The highest BCUT2D eigenvalue weighted by molar-refractivity contribution is 6.35. The maximum Gasteiger partial charge on any atom is 0.336 e. The van der Waals surface area contributed by atoms with Crippen molar-refractivity contribution in [3.63, 3.8) is 0 Å². The molecule has 0 radical (unpaired) electrons. The molecule has 2 amide bonds. The Hall–Kier alpha value is -2.70. The van der Waals surface area contributed by atoms with Gasteiger partial charge in [-0.1, -0.05) is 18.2 Å². The molecule has 1 aromatic carbocycles. The lowest BCUT2D eigenvalue weighted by atomic mass is 10.1. The van der Waals surface area contributed by atoms with Crippen LogP contribution in [-0.2, 0) is 9.59 Å². The van der Waals surface area contributed by atoms with Crippen molar-refractivity contribution in [3.05, 3.63) is 35.4 Å². The minimum atomic E-state index is -1.09. The lowest BCUT2D eigenvalue weighted by Crippen LogP contribution is -2.43. The Balaban J connectivity index is 1.96. The number of hydrazone groups is 1. The van der Waals surface area contributed by atoms with Crippen LogP contribution in [0.3, 0.4) is 0 Å². The number of piperidine rings is 1. The summed E-state index contributed by atoms with van der Waals surface area (Å²) in [4.78, 5) is 36.1. The van der Waals surface area contributed by atoms with E-state index in [1.807, 2.05) is 0 Å². The number of nitrogens with one attached hydrogen (secondary N) is 1. The average molecular weight is 303 g/mol. The monoisotopic (exact) mass is 303 g/mol. The van der Waals surface area contributed by atoms with Crippen molar-refractivity contribution < 1.29 is 19.5 Å². The molecule has 1 saturated heterocycles. The lowest BCUT2D eigenvalue weighted by Gasteiger charge is -2.25. The summed E-state index contributed by atoms with van der Waals surface area (Å²) in [6.45, 7) is 1.16. The molecule has 7 nitrogen and oxygen atoms in total. The highest BCUT2D eigenvalue weighted by atomic mass is 16.4. The van der Waals surface area contributed by atoms with Crippen molar-refractivity contribution in [1.29, 1.82) is 0 Å². The van der Waals surface area contributed by atoms with E-state index >= 15 is 0 Å². The Labute approximate surface area is 127 Å². The Bertz CT molecular complexity index is 607. The fourth-order valence-corrected chi connectivity index (χ4v) is 2.25. The van der Waals surface area contributed by atoms with Crippen molar-refractivity contribution in [2.45, 2.75) is 19.3 Å². The smallest absolute Gasteiger partial charge is 0.336 e. The maximum atomic E-state index is 11.9. The first-order valence-electron chi connectivity index (χ1n) is 7.04. The van der Waals surface area contributed by atoms with Crippen LogP contribution in [0, 0.1) is 0 Å². The van der Waals surface area contributed by atoms with Gasteiger partial charge in [-0.2, -0.15) is 5.10 Å². The van der Waals surface area contributed by atoms with E-state index < -0.39 is 17.8 Å². The number of benzene rings is 1. The first-order valence-corrected chi connectivity index (χ1v) is 7.04. The predicted octanol–water partition coefficient (Wildman–Crippen LogP) is 0.847. The average Bonchev–Trinajstić information content (AvgIpc) is 2.55. The molecule has 22 heavy (non-hydrogen) atoms. The van der Waals surface area contributed by atoms with E-state index in [1.54, 1.807) is 18.2 Å². The summed E-state index contributed by atoms with van der Waals surface area (Å²) in [5.74, 6) is -2.51. The van der Waals surface area contributed by atoms with Crippen LogP contribution in [0.25, 0.3) is 0 Å². The normalized spacial score (nSPS) is 14.8. The van der Waals surface area contributed by atoms with Crippen LogP contribution < -0.4 is 5.43 Å². The molecule has 0 unspecified atom stereocenters. The van der Waals surface area contributed by atoms with Crippen molar-refractivity contribution in [2.24, 2.45) is 5.10 Å². The van der Waals surface area contributed by atoms with E-state index in [4.69, 9.17) is 5.11 Å². The topological polar surface area (TPSA) is 99.1 Å². The number of rotatable bonds is 3. The molecular formula is C15H17N3O4. The van der Waals surface area contributed by atoms with Crippen molar-refractivity contribution in [2.75, 3.05) is 13.1 Å². The molecule has 0 bridgehead atoms. The highest BCUT2D eigenvalue weighted by Crippen LogP contribution is 2.08. The van der Waals surface area contributed by atoms with Crippen LogP contribution in [0.1, 0.15) is 35.2 Å². The summed E-state index contributed by atoms with van der Waals surface area (Å²) in [7, 11) is 0. The molecule has 0 atom stereocenters. The minimum absolute atomic E-state index is 0.0721. The standard InChI is InChI=1S/C15H17N3O4/c19-13(14(20)18-8-4-1-5-9-18)17-16-10-11-6-2-3-7-12(11)15(21)22/h2-3,6-7,10H,1,4-5,8-9H2,(H,17,19)(H,21,22)/b16-10-. The molecule has 0 aliphatic carbocycles. The highest BCUT2D eigenvalue weighted by Gasteiger charge is 2.22. The first-order chi connectivity index (χ1) is 10.6. The third kappa shape index (κ3) is 3.91. The van der Waals surface area contributed by atoms with Gasteiger partial charge in [-0.3, -0.25) is 9.59 Å². The summed E-state index contributed by atoms with van der Waals surface area (Å²) >= 11 is 0. The number of carbonyl (C=O) groups is 3. The lowest BCUT2D eigenvalue weighted by molar-refractivity contribution is -0.146. The fraction of sp³-hybridized carbons (Fsp3) is 0.333. The van der Waals surface area contributed by atoms with Gasteiger partial charge in [0, 0.05) is 18.7 Å². The summed E-state index contributed by atoms with van der Waals surface area (Å²) in [5, 5.41) is 12.7. The van der Waals surface area contributed by atoms with Crippen molar-refractivity contribution >= 4 is 24.0 Å². The molecule has 1 fully saturated rings. The number of likely N-dealkylation sites (tertiary alicyclic amines) is 1. The Morgan fingerprint density at radius 2 is 1.82 bits per heavy atom. The zero-order valence-corrected chi connectivity index (χ0v) is 12.0. The van der Waals surface area contributed by atoms with E-state index in [9.17, 15) is 14.4 Å². The van der Waals surface area contributed by atoms with Crippen LogP contribution in [0.5, 0.6) is 0 Å². The van der Waals surface area contributed by atoms with Gasteiger partial charge in [0.1, 0.15) is 0 Å². The Morgan fingerprint density at radius 1 is 1.14 bits per heavy atom. The third-order valence-electron chi connectivity index (χ3n) is 3.40. The second kappa shape index (κ2) is 7.35. The van der Waals surface area contributed by atoms with Crippen LogP contribution in [0.15, 0.2) is 29.4 Å². The molecule has 7 heteroatoms. The second-order valence-electron chi connectivity index (χ2n) is 4.94. The number of carboxylic acids is 1. The summed E-state index contributed by atoms with van der Waals surface area (Å²) in [5.41, 5.74) is 2.56. The van der Waals surface area contributed by atoms with Crippen molar-refractivity contribution in [3.8, 4) is 0 Å². The van der Waals surface area contributed by atoms with Gasteiger partial charge in [0.25, 0.3) is 0 Å². The van der Waals surface area contributed by atoms with Gasteiger partial charge in [-0.25, -0.2) is 10.2 Å². The SMILES string of the molecule is O=C(N/N=C\c1ccccc1C(=O)O)C(=O)N1CCCCC1. The van der Waals surface area contributed by atoms with E-state index in [1.165, 1.54) is 17.2 Å². The van der Waals surface area contributed by atoms with E-state index in [2.05, 4.69) is 10.5 Å². The van der Waals surface area contributed by atoms with Gasteiger partial charge in [0.2, 0.25) is 0 Å². The number of hydrogen-bond acceptors (Lipinski definition) is 4. The van der Waals surface area contributed by atoms with Crippen molar-refractivity contribution in [1.82, 2.24) is 10.3 Å². The largest absolute Gasteiger partial charge is 0.478 e. The van der Waals surface area contributed by atoms with E-state index in [0.717, 1.165) is 19.3 Å². The van der Waals surface area contributed by atoms with Gasteiger partial charge in [-0.15, -0.1) is 0 Å². The summed E-state index contributed by atoms with van der Waals surface area (Å²) in [6, 6.07) is 6.25. The van der Waals surface area contributed by atoms with E-state index in [0.29, 0.717) is 18.7 Å². The van der Waals surface area contributed by atoms with Gasteiger partial charge >= 0.3 is 17.8 Å². The molecule has 0 saturated carbocycles. The Kier molecular flexibility index (Phi) is 5.24. The van der Waals surface area contributed by atoms with Gasteiger partial charge < -0.3 is 10.0 Å². The summed E-state index contributed by atoms with van der Waals surface area (Å²) in [6.07, 6.45) is 4.07. The molecule has 1 aliphatic rings. The molecule has 1 aliphatic heterocycles. The van der Waals surface area contributed by atoms with Crippen LogP contribution >= 0.6 is 0 Å². The third-order valence-corrected chi connectivity index (χ3v) is 3.40. The predicted molar refractivity (Wildman–Crippen MR) is 79.6 cm³/mol. The van der Waals surface area contributed by atoms with Crippen LogP contribution in [0.4, 0.5) is 0 Å². The number of nitrogens with zero attached hydrogens (tertiary/aromatic N) is 2. The molecule has 0 spiro atoms. The molecule has 2 rings (SSSR count). The number of amides is 2. The maximum absolute atomic E-state index is 11.9. The zero-order chi connectivity index (χ0) is 15.9. The first kappa shape index (κ1) is 15.7. The number of aromatic carboxylic acids is 1. The van der Waals surface area contributed by atoms with Gasteiger partial charge in [0.15, 0.2) is 0 Å². The number of hydrogen-bond donors (Lipinski definition) is 2. The quantitative estimate of drug-likeness (QED) is 0.491. The summed E-state index contributed by atoms with van der Waals surface area (Å²) < 4.78 is 0. The molecule has 116 valence electrons. The van der Waals surface area contributed by atoms with E-state index in [-0.39, 0.29) is 5.56 Å². The number of carbonyl (C=O) groups excluding carboxylic acids is 2. The van der Waals surface area contributed by atoms with Crippen LogP contribution in [0.2, 0.25) is 0 Å². The molecular weight excluding hydrogens is 286 g/mol. The van der Waals surface area contributed by atoms with Crippen LogP contribution in [-0.4, -0.2) is 47.1 Å².